The highest BCUT2D eigenvalue weighted by molar-refractivity contribution is 5.74. The summed E-state index contributed by atoms with van der Waals surface area (Å²) < 4.78 is 0. The Balaban J connectivity index is 1.64. The number of rotatable bonds is 5. The average Bonchev–Trinajstić information content (AvgIpc) is 3.01. The van der Waals surface area contributed by atoms with E-state index in [4.69, 9.17) is 0 Å². The molecular formula is C15H29N3O2. The SMILES string of the molecule is CN(CCNC(=O)N1CCCC(CO)C1)C1CCCC1. The third-order valence-electron chi connectivity index (χ3n) is 4.75. The van der Waals surface area contributed by atoms with Crippen LogP contribution in [0.15, 0.2) is 0 Å². The largest absolute Gasteiger partial charge is 0.396 e. The molecule has 2 aliphatic rings. The number of hydrogen-bond donors (Lipinski definition) is 2. The zero-order chi connectivity index (χ0) is 14.4. The lowest BCUT2D eigenvalue weighted by Crippen LogP contribution is -2.48. The first-order valence-electron chi connectivity index (χ1n) is 8.04. The van der Waals surface area contributed by atoms with E-state index in [-0.39, 0.29) is 18.6 Å². The fraction of sp³-hybridized carbons (Fsp3) is 0.933. The Morgan fingerprint density at radius 3 is 2.75 bits per heavy atom. The molecule has 1 unspecified atom stereocenters. The van der Waals surface area contributed by atoms with Crippen LogP contribution in [-0.4, -0.2) is 66.8 Å². The molecule has 0 radical (unpaired) electrons. The Hall–Kier alpha value is -0.810. The van der Waals surface area contributed by atoms with Crippen molar-refractivity contribution < 1.29 is 9.90 Å². The highest BCUT2D eigenvalue weighted by Crippen LogP contribution is 2.21. The van der Waals surface area contributed by atoms with E-state index in [1.54, 1.807) is 0 Å². The molecule has 0 bridgehead atoms. The van der Waals surface area contributed by atoms with Crippen molar-refractivity contribution in [2.75, 3.05) is 39.8 Å². The third-order valence-corrected chi connectivity index (χ3v) is 4.75. The molecule has 1 aliphatic carbocycles. The van der Waals surface area contributed by atoms with Crippen molar-refractivity contribution in [3.05, 3.63) is 0 Å². The van der Waals surface area contributed by atoms with Crippen LogP contribution >= 0.6 is 0 Å². The van der Waals surface area contributed by atoms with Gasteiger partial charge >= 0.3 is 6.03 Å². The van der Waals surface area contributed by atoms with Crippen LogP contribution in [-0.2, 0) is 0 Å². The van der Waals surface area contributed by atoms with Crippen LogP contribution in [0.4, 0.5) is 4.79 Å². The second-order valence-corrected chi connectivity index (χ2v) is 6.29. The van der Waals surface area contributed by atoms with Crippen LogP contribution in [0.2, 0.25) is 0 Å². The van der Waals surface area contributed by atoms with Crippen molar-refractivity contribution >= 4 is 6.03 Å². The third kappa shape index (κ3) is 4.35. The first-order valence-corrected chi connectivity index (χ1v) is 8.04. The number of amides is 2. The molecular weight excluding hydrogens is 254 g/mol. The van der Waals surface area contributed by atoms with Gasteiger partial charge < -0.3 is 20.2 Å². The van der Waals surface area contributed by atoms with E-state index in [1.165, 1.54) is 25.7 Å². The quantitative estimate of drug-likeness (QED) is 0.799. The van der Waals surface area contributed by atoms with Gasteiger partial charge in [-0.3, -0.25) is 0 Å². The minimum absolute atomic E-state index is 0.0305. The molecule has 2 rings (SSSR count). The number of aliphatic hydroxyl groups excluding tert-OH is 1. The number of carbonyl (C=O) groups is 1. The molecule has 0 aromatic rings. The van der Waals surface area contributed by atoms with Gasteiger partial charge in [0.15, 0.2) is 0 Å². The highest BCUT2D eigenvalue weighted by Gasteiger charge is 2.23. The average molecular weight is 283 g/mol. The predicted octanol–water partition coefficient (Wildman–Crippen LogP) is 1.27. The van der Waals surface area contributed by atoms with E-state index in [2.05, 4.69) is 17.3 Å². The molecule has 0 aromatic carbocycles. The number of hydrogen-bond acceptors (Lipinski definition) is 3. The maximum Gasteiger partial charge on any atom is 0.317 e. The number of carbonyl (C=O) groups excluding carboxylic acids is 1. The van der Waals surface area contributed by atoms with Gasteiger partial charge in [-0.25, -0.2) is 4.79 Å². The van der Waals surface area contributed by atoms with E-state index in [0.29, 0.717) is 19.1 Å². The van der Waals surface area contributed by atoms with Crippen molar-refractivity contribution in [3.8, 4) is 0 Å². The first kappa shape index (κ1) is 15.6. The van der Waals surface area contributed by atoms with Gasteiger partial charge in [0.25, 0.3) is 0 Å². The Bertz CT molecular complexity index is 305. The maximum absolute atomic E-state index is 12.1. The fourth-order valence-electron chi connectivity index (χ4n) is 3.38. The molecule has 0 aromatic heterocycles. The van der Waals surface area contributed by atoms with E-state index in [1.807, 2.05) is 4.90 Å². The maximum atomic E-state index is 12.1. The van der Waals surface area contributed by atoms with Gasteiger partial charge in [0.05, 0.1) is 0 Å². The molecule has 1 saturated heterocycles. The molecule has 116 valence electrons. The van der Waals surface area contributed by atoms with Crippen molar-refractivity contribution in [1.29, 1.82) is 0 Å². The molecule has 1 saturated carbocycles. The fourth-order valence-corrected chi connectivity index (χ4v) is 3.38. The Labute approximate surface area is 122 Å². The van der Waals surface area contributed by atoms with Gasteiger partial charge in [0.1, 0.15) is 0 Å². The standard InChI is InChI=1S/C15H29N3O2/c1-17(14-6-2-3-7-14)10-8-16-15(20)18-9-4-5-13(11-18)12-19/h13-14,19H,2-12H2,1H3,(H,16,20). The lowest BCUT2D eigenvalue weighted by atomic mass is 9.99. The molecule has 1 atom stereocenters. The molecule has 1 heterocycles. The molecule has 20 heavy (non-hydrogen) atoms. The van der Waals surface area contributed by atoms with Gasteiger partial charge in [-0.1, -0.05) is 12.8 Å². The number of nitrogens with one attached hydrogen (secondary N) is 1. The summed E-state index contributed by atoms with van der Waals surface area (Å²) in [5.74, 6) is 0.260. The molecule has 2 amide bonds. The first-order chi connectivity index (χ1) is 9.70. The minimum atomic E-state index is 0.0305. The summed E-state index contributed by atoms with van der Waals surface area (Å²) in [5, 5.41) is 12.2. The Kier molecular flexibility index (Phi) is 6.10. The molecule has 5 heteroatoms. The summed E-state index contributed by atoms with van der Waals surface area (Å²) in [6, 6.07) is 0.739. The molecule has 1 aliphatic heterocycles. The minimum Gasteiger partial charge on any atom is -0.396 e. The number of likely N-dealkylation sites (N-methyl/N-ethyl adjacent to an activating group) is 1. The van der Waals surface area contributed by atoms with Crippen LogP contribution in [0.25, 0.3) is 0 Å². The summed E-state index contributed by atoms with van der Waals surface area (Å²) >= 11 is 0. The highest BCUT2D eigenvalue weighted by atomic mass is 16.3. The van der Waals surface area contributed by atoms with Crippen LogP contribution in [0.3, 0.4) is 0 Å². The lowest BCUT2D eigenvalue weighted by molar-refractivity contribution is 0.129. The summed E-state index contributed by atoms with van der Waals surface area (Å²) in [6.07, 6.45) is 7.32. The number of likely N-dealkylation sites (tertiary alicyclic amines) is 1. The van der Waals surface area contributed by atoms with E-state index >= 15 is 0 Å². The van der Waals surface area contributed by atoms with Crippen LogP contribution in [0.1, 0.15) is 38.5 Å². The molecule has 2 fully saturated rings. The summed E-state index contributed by atoms with van der Waals surface area (Å²) in [6.45, 7) is 3.34. The predicted molar refractivity (Wildman–Crippen MR) is 79.7 cm³/mol. The van der Waals surface area contributed by atoms with Crippen LogP contribution in [0, 0.1) is 5.92 Å². The van der Waals surface area contributed by atoms with Crippen LogP contribution in [0.5, 0.6) is 0 Å². The van der Waals surface area contributed by atoms with Gasteiger partial charge in [-0.15, -0.1) is 0 Å². The number of urea groups is 1. The summed E-state index contributed by atoms with van der Waals surface area (Å²) in [4.78, 5) is 16.3. The van der Waals surface area contributed by atoms with Gasteiger partial charge in [-0.2, -0.15) is 0 Å². The van der Waals surface area contributed by atoms with Crippen molar-refractivity contribution in [2.45, 2.75) is 44.6 Å². The molecule has 2 N–H and O–H groups in total. The zero-order valence-electron chi connectivity index (χ0n) is 12.7. The normalized spacial score (nSPS) is 24.4. The molecule has 5 nitrogen and oxygen atoms in total. The van der Waals surface area contributed by atoms with E-state index in [0.717, 1.165) is 25.9 Å². The number of nitrogens with zero attached hydrogens (tertiary/aromatic N) is 2. The van der Waals surface area contributed by atoms with Crippen LogP contribution < -0.4 is 5.32 Å². The Morgan fingerprint density at radius 2 is 2.05 bits per heavy atom. The van der Waals surface area contributed by atoms with Crippen molar-refractivity contribution in [2.24, 2.45) is 5.92 Å². The van der Waals surface area contributed by atoms with Gasteiger partial charge in [0, 0.05) is 38.8 Å². The number of piperidine rings is 1. The summed E-state index contributed by atoms with van der Waals surface area (Å²) in [5.41, 5.74) is 0. The summed E-state index contributed by atoms with van der Waals surface area (Å²) in [7, 11) is 2.16. The second kappa shape index (κ2) is 7.84. The smallest absolute Gasteiger partial charge is 0.317 e. The number of aliphatic hydroxyl groups is 1. The van der Waals surface area contributed by atoms with Crippen molar-refractivity contribution in [3.63, 3.8) is 0 Å². The second-order valence-electron chi connectivity index (χ2n) is 6.29. The van der Waals surface area contributed by atoms with Gasteiger partial charge in [-0.05, 0) is 38.6 Å². The topological polar surface area (TPSA) is 55.8 Å². The van der Waals surface area contributed by atoms with E-state index < -0.39 is 0 Å². The zero-order valence-corrected chi connectivity index (χ0v) is 12.7. The monoisotopic (exact) mass is 283 g/mol. The Morgan fingerprint density at radius 1 is 1.30 bits per heavy atom. The van der Waals surface area contributed by atoms with Gasteiger partial charge in [0.2, 0.25) is 0 Å². The lowest BCUT2D eigenvalue weighted by Gasteiger charge is -2.32. The van der Waals surface area contributed by atoms with Crippen molar-refractivity contribution in [1.82, 2.24) is 15.1 Å². The molecule has 0 spiro atoms. The van der Waals surface area contributed by atoms with E-state index in [9.17, 15) is 9.90 Å².